The molecule has 0 aliphatic rings. The van der Waals surface area contributed by atoms with E-state index in [0.717, 1.165) is 5.75 Å². The van der Waals surface area contributed by atoms with Crippen LogP contribution in [-0.2, 0) is 12.4 Å². The average molecular weight is 300 g/mol. The van der Waals surface area contributed by atoms with Crippen molar-refractivity contribution in [1.29, 1.82) is 0 Å². The summed E-state index contributed by atoms with van der Waals surface area (Å²) in [7, 11) is 0. The summed E-state index contributed by atoms with van der Waals surface area (Å²) in [6.45, 7) is 0.253. The highest BCUT2D eigenvalue weighted by atomic mass is 32.2. The molecule has 0 aliphatic carbocycles. The third kappa shape index (κ3) is 4.03. The molecule has 0 saturated carbocycles. The summed E-state index contributed by atoms with van der Waals surface area (Å²) in [4.78, 5) is 8.23. The number of benzene rings is 1. The van der Waals surface area contributed by atoms with Crippen LogP contribution in [0.1, 0.15) is 11.8 Å². The van der Waals surface area contributed by atoms with Crippen LogP contribution >= 0.6 is 11.8 Å². The fraction of sp³-hybridized carbons (Fsp3) is 0.143. The van der Waals surface area contributed by atoms with E-state index in [1.807, 2.05) is 30.3 Å². The molecule has 0 spiro atoms. The molecule has 0 N–H and O–H groups in total. The fourth-order valence-corrected chi connectivity index (χ4v) is 2.19. The molecular formula is C14H12N4O2S. The van der Waals surface area contributed by atoms with Crippen LogP contribution in [0.15, 0.2) is 58.4 Å². The lowest BCUT2D eigenvalue weighted by atomic mass is 10.3. The summed E-state index contributed by atoms with van der Waals surface area (Å²) in [6, 6.07) is 11.3. The lowest BCUT2D eigenvalue weighted by Crippen LogP contribution is -1.95. The molecule has 2 heterocycles. The van der Waals surface area contributed by atoms with E-state index >= 15 is 0 Å². The van der Waals surface area contributed by atoms with Gasteiger partial charge >= 0.3 is 0 Å². The summed E-state index contributed by atoms with van der Waals surface area (Å²) < 4.78 is 11.0. The molecule has 0 amide bonds. The molecule has 21 heavy (non-hydrogen) atoms. The molecule has 0 fully saturated rings. The lowest BCUT2D eigenvalue weighted by Gasteiger charge is -2.01. The van der Waals surface area contributed by atoms with Crippen LogP contribution in [-0.4, -0.2) is 20.2 Å². The monoisotopic (exact) mass is 300 g/mol. The lowest BCUT2D eigenvalue weighted by molar-refractivity contribution is 0.260. The number of aromatic nitrogens is 4. The molecule has 3 rings (SSSR count). The first kappa shape index (κ1) is 13.6. The molecule has 0 unspecified atom stereocenters. The van der Waals surface area contributed by atoms with Gasteiger partial charge in [0.15, 0.2) is 11.8 Å². The average Bonchev–Trinajstić information content (AvgIpc) is 3.01. The quantitative estimate of drug-likeness (QED) is 0.512. The predicted octanol–water partition coefficient (Wildman–Crippen LogP) is 2.73. The van der Waals surface area contributed by atoms with Gasteiger partial charge in [-0.05, 0) is 18.2 Å². The summed E-state index contributed by atoms with van der Waals surface area (Å²) >= 11 is 1.44. The Morgan fingerprint density at radius 1 is 0.952 bits per heavy atom. The first-order valence-corrected chi connectivity index (χ1v) is 7.27. The minimum Gasteiger partial charge on any atom is -0.484 e. The van der Waals surface area contributed by atoms with Crippen molar-refractivity contribution in [1.82, 2.24) is 20.2 Å². The highest BCUT2D eigenvalue weighted by Gasteiger charge is 2.08. The van der Waals surface area contributed by atoms with E-state index in [4.69, 9.17) is 9.15 Å². The van der Waals surface area contributed by atoms with Crippen LogP contribution in [0.4, 0.5) is 0 Å². The Morgan fingerprint density at radius 3 is 2.52 bits per heavy atom. The van der Waals surface area contributed by atoms with Gasteiger partial charge in [-0.1, -0.05) is 30.0 Å². The zero-order valence-corrected chi connectivity index (χ0v) is 11.9. The van der Waals surface area contributed by atoms with Crippen LogP contribution in [0.2, 0.25) is 0 Å². The van der Waals surface area contributed by atoms with Crippen LogP contribution < -0.4 is 4.74 Å². The number of nitrogens with zero attached hydrogens (tertiary/aromatic N) is 4. The Labute approximate surface area is 125 Å². The summed E-state index contributed by atoms with van der Waals surface area (Å²) in [5, 5.41) is 8.60. The molecule has 7 heteroatoms. The van der Waals surface area contributed by atoms with Crippen LogP contribution in [0.25, 0.3) is 0 Å². The maximum atomic E-state index is 5.54. The Hall–Kier alpha value is -2.41. The SMILES string of the molecule is c1ccc(OCc2nnc(CSc3ncccn3)o2)cc1. The van der Waals surface area contributed by atoms with Gasteiger partial charge < -0.3 is 9.15 Å². The molecule has 0 radical (unpaired) electrons. The van der Waals surface area contributed by atoms with Crippen LogP contribution in [0.5, 0.6) is 5.75 Å². The second-order valence-electron chi connectivity index (χ2n) is 4.01. The van der Waals surface area contributed by atoms with Crippen molar-refractivity contribution in [2.24, 2.45) is 0 Å². The number of ether oxygens (including phenoxy) is 1. The first-order valence-electron chi connectivity index (χ1n) is 6.29. The van der Waals surface area contributed by atoms with Gasteiger partial charge in [0.05, 0.1) is 5.75 Å². The molecule has 106 valence electrons. The van der Waals surface area contributed by atoms with Crippen molar-refractivity contribution in [3.8, 4) is 5.75 Å². The van der Waals surface area contributed by atoms with Gasteiger partial charge in [0.2, 0.25) is 5.89 Å². The third-order valence-corrected chi connectivity index (χ3v) is 3.34. The number of thioether (sulfide) groups is 1. The smallest absolute Gasteiger partial charge is 0.253 e. The van der Waals surface area contributed by atoms with Crippen molar-refractivity contribution >= 4 is 11.8 Å². The van der Waals surface area contributed by atoms with E-state index in [0.29, 0.717) is 22.7 Å². The van der Waals surface area contributed by atoms with Crippen LogP contribution in [0, 0.1) is 0 Å². The Bertz CT molecular complexity index is 618. The highest BCUT2D eigenvalue weighted by Crippen LogP contribution is 2.18. The Kier molecular flexibility index (Phi) is 4.42. The van der Waals surface area contributed by atoms with Crippen LogP contribution in [0.3, 0.4) is 0 Å². The van der Waals surface area contributed by atoms with E-state index in [9.17, 15) is 0 Å². The highest BCUT2D eigenvalue weighted by molar-refractivity contribution is 7.98. The van der Waals surface area contributed by atoms with Gasteiger partial charge in [0.25, 0.3) is 5.89 Å². The van der Waals surface area contributed by atoms with Crippen molar-refractivity contribution in [3.63, 3.8) is 0 Å². The molecule has 0 aliphatic heterocycles. The largest absolute Gasteiger partial charge is 0.484 e. The van der Waals surface area contributed by atoms with Gasteiger partial charge in [0.1, 0.15) is 5.75 Å². The Morgan fingerprint density at radius 2 is 1.71 bits per heavy atom. The number of rotatable bonds is 6. The second-order valence-corrected chi connectivity index (χ2v) is 4.95. The predicted molar refractivity (Wildman–Crippen MR) is 76.7 cm³/mol. The van der Waals surface area contributed by atoms with Crippen molar-refractivity contribution in [2.45, 2.75) is 17.5 Å². The minimum absolute atomic E-state index is 0.253. The molecule has 0 bridgehead atoms. The number of para-hydroxylation sites is 1. The molecule has 2 aromatic heterocycles. The molecular weight excluding hydrogens is 288 g/mol. The van der Waals surface area contributed by atoms with E-state index in [1.54, 1.807) is 18.5 Å². The maximum absolute atomic E-state index is 5.54. The van der Waals surface area contributed by atoms with Crippen molar-refractivity contribution in [2.75, 3.05) is 0 Å². The molecule has 6 nitrogen and oxygen atoms in total. The van der Waals surface area contributed by atoms with Gasteiger partial charge in [-0.15, -0.1) is 10.2 Å². The zero-order valence-electron chi connectivity index (χ0n) is 11.0. The number of hydrogen-bond acceptors (Lipinski definition) is 7. The van der Waals surface area contributed by atoms with E-state index in [1.165, 1.54) is 11.8 Å². The minimum atomic E-state index is 0.253. The van der Waals surface area contributed by atoms with Gasteiger partial charge in [-0.25, -0.2) is 9.97 Å². The van der Waals surface area contributed by atoms with E-state index < -0.39 is 0 Å². The maximum Gasteiger partial charge on any atom is 0.253 e. The van der Waals surface area contributed by atoms with Crippen molar-refractivity contribution in [3.05, 3.63) is 60.6 Å². The molecule has 3 aromatic rings. The second kappa shape index (κ2) is 6.85. The normalized spacial score (nSPS) is 10.5. The zero-order chi connectivity index (χ0) is 14.3. The topological polar surface area (TPSA) is 73.9 Å². The van der Waals surface area contributed by atoms with E-state index in [2.05, 4.69) is 20.2 Å². The summed E-state index contributed by atoms with van der Waals surface area (Å²) in [6.07, 6.45) is 3.39. The first-order chi connectivity index (χ1) is 10.4. The molecule has 1 aromatic carbocycles. The summed E-state index contributed by atoms with van der Waals surface area (Å²) in [5.74, 6) is 2.27. The van der Waals surface area contributed by atoms with Gasteiger partial charge in [-0.3, -0.25) is 0 Å². The molecule has 0 atom stereocenters. The number of hydrogen-bond donors (Lipinski definition) is 0. The molecule has 0 saturated heterocycles. The fourth-order valence-electron chi connectivity index (χ4n) is 1.55. The van der Waals surface area contributed by atoms with Gasteiger partial charge in [0, 0.05) is 12.4 Å². The third-order valence-electron chi connectivity index (χ3n) is 2.48. The Balaban J connectivity index is 1.52. The standard InChI is InChI=1S/C14H12N4O2S/c1-2-5-11(6-3-1)19-9-12-17-18-13(20-12)10-21-14-15-7-4-8-16-14/h1-8H,9-10H2. The van der Waals surface area contributed by atoms with Gasteiger partial charge in [-0.2, -0.15) is 0 Å². The van der Waals surface area contributed by atoms with Crippen molar-refractivity contribution < 1.29 is 9.15 Å². The van der Waals surface area contributed by atoms with E-state index in [-0.39, 0.29) is 6.61 Å². The summed E-state index contributed by atoms with van der Waals surface area (Å²) in [5.41, 5.74) is 0.